The molecule has 0 radical (unpaired) electrons. The summed E-state index contributed by atoms with van der Waals surface area (Å²) in [6.07, 6.45) is 15.0. The van der Waals surface area contributed by atoms with Gasteiger partial charge in [-0.05, 0) is 94.9 Å². The summed E-state index contributed by atoms with van der Waals surface area (Å²) in [5, 5.41) is 1.19. The van der Waals surface area contributed by atoms with Gasteiger partial charge in [-0.15, -0.1) is 0 Å². The highest BCUT2D eigenvalue weighted by atomic mass is 16.5. The van der Waals surface area contributed by atoms with Crippen molar-refractivity contribution in [3.05, 3.63) is 36.0 Å². The lowest BCUT2D eigenvalue weighted by molar-refractivity contribution is -0.136. The van der Waals surface area contributed by atoms with Crippen LogP contribution in [0.4, 0.5) is 0 Å². The van der Waals surface area contributed by atoms with Gasteiger partial charge in [0, 0.05) is 50.2 Å². The molecule has 2 aromatic rings. The van der Waals surface area contributed by atoms with Crippen LogP contribution in [0.25, 0.3) is 10.9 Å². The highest BCUT2D eigenvalue weighted by Gasteiger charge is 2.30. The number of carbonyl (C=O) groups excluding carboxylic acids is 1. The van der Waals surface area contributed by atoms with Gasteiger partial charge in [0.25, 0.3) is 0 Å². The molecule has 0 bridgehead atoms. The molecule has 1 aromatic carbocycles. The Balaban J connectivity index is 1.26. The van der Waals surface area contributed by atoms with Crippen LogP contribution in [0.5, 0.6) is 5.75 Å². The molecular weight excluding hydrogens is 458 g/mol. The van der Waals surface area contributed by atoms with E-state index in [9.17, 15) is 4.79 Å². The van der Waals surface area contributed by atoms with Gasteiger partial charge in [-0.1, -0.05) is 32.3 Å². The zero-order valence-corrected chi connectivity index (χ0v) is 23.6. The average molecular weight is 508 g/mol. The molecule has 204 valence electrons. The Hall–Kier alpha value is -2.14. The van der Waals surface area contributed by atoms with Gasteiger partial charge >= 0.3 is 0 Å². The number of hydrogen-bond donors (Lipinski definition) is 0. The average Bonchev–Trinajstić information content (AvgIpc) is 2.93. The second kappa shape index (κ2) is 14.1. The fraction of sp³-hybridized carbons (Fsp3) is 0.688. The lowest BCUT2D eigenvalue weighted by Crippen LogP contribution is -2.42. The summed E-state index contributed by atoms with van der Waals surface area (Å²) >= 11 is 0. The van der Waals surface area contributed by atoms with Crippen molar-refractivity contribution in [3.63, 3.8) is 0 Å². The molecule has 0 spiro atoms. The number of aromatic nitrogens is 1. The minimum atomic E-state index is 0.251. The predicted octanol–water partition coefficient (Wildman–Crippen LogP) is 6.88. The van der Waals surface area contributed by atoms with E-state index < -0.39 is 0 Å². The summed E-state index contributed by atoms with van der Waals surface area (Å²) in [5.74, 6) is 2.34. The Morgan fingerprint density at radius 1 is 1.00 bits per heavy atom. The van der Waals surface area contributed by atoms with Crippen molar-refractivity contribution in [1.29, 1.82) is 0 Å². The smallest absolute Gasteiger partial charge is 0.225 e. The van der Waals surface area contributed by atoms with Crippen LogP contribution in [0.2, 0.25) is 0 Å². The Bertz CT molecular complexity index is 973. The Morgan fingerprint density at radius 3 is 2.46 bits per heavy atom. The fourth-order valence-corrected chi connectivity index (χ4v) is 6.35. The molecule has 0 N–H and O–H groups in total. The van der Waals surface area contributed by atoms with E-state index in [-0.39, 0.29) is 12.0 Å². The number of unbranched alkanes of at least 4 members (excludes halogenated alkanes) is 3. The Morgan fingerprint density at radius 2 is 1.76 bits per heavy atom. The van der Waals surface area contributed by atoms with Gasteiger partial charge in [0.15, 0.2) is 0 Å². The van der Waals surface area contributed by atoms with Crippen LogP contribution in [0, 0.1) is 11.8 Å². The molecule has 2 aliphatic rings. The topological polar surface area (TPSA) is 45.7 Å². The van der Waals surface area contributed by atoms with Crippen LogP contribution in [0.1, 0.15) is 90.5 Å². The standard InChI is InChI=1S/C32H49N3O2/c1-4-7-8-9-11-26-22-28-12-10-19-33-31(28)30(23-26)37-29-17-20-34(21-18-29)24-25-13-15-27(16-14-25)32(36)35(5-2)6-3/h10,12,19,22-23,25,27,29H,4-9,11,13-18,20-21,24H2,1-3H3/t25-,27-. The highest BCUT2D eigenvalue weighted by molar-refractivity contribution is 5.85. The van der Waals surface area contributed by atoms with Gasteiger partial charge in [0.1, 0.15) is 17.4 Å². The van der Waals surface area contributed by atoms with E-state index in [1.165, 1.54) is 56.0 Å². The minimum absolute atomic E-state index is 0.251. The Kier molecular flexibility index (Phi) is 10.7. The molecule has 0 atom stereocenters. The Labute approximate surface area is 225 Å². The number of nitrogens with zero attached hydrogens (tertiary/aromatic N) is 3. The van der Waals surface area contributed by atoms with Crippen molar-refractivity contribution >= 4 is 16.8 Å². The van der Waals surface area contributed by atoms with Crippen molar-refractivity contribution in [2.75, 3.05) is 32.7 Å². The molecule has 4 rings (SSSR count). The molecule has 2 heterocycles. The van der Waals surface area contributed by atoms with Crippen LogP contribution in [-0.2, 0) is 11.2 Å². The van der Waals surface area contributed by atoms with E-state index >= 15 is 0 Å². The number of benzene rings is 1. The van der Waals surface area contributed by atoms with Gasteiger partial charge in [-0.3, -0.25) is 9.78 Å². The van der Waals surface area contributed by atoms with E-state index in [1.807, 2.05) is 17.2 Å². The second-order valence-corrected chi connectivity index (χ2v) is 11.3. The van der Waals surface area contributed by atoms with Gasteiger partial charge < -0.3 is 14.5 Å². The first-order valence-corrected chi connectivity index (χ1v) is 15.2. The fourth-order valence-electron chi connectivity index (χ4n) is 6.35. The number of likely N-dealkylation sites (tertiary alicyclic amines) is 1. The van der Waals surface area contributed by atoms with Crippen molar-refractivity contribution in [1.82, 2.24) is 14.8 Å². The van der Waals surface area contributed by atoms with Gasteiger partial charge in [0.2, 0.25) is 5.91 Å². The van der Waals surface area contributed by atoms with Crippen molar-refractivity contribution in [2.24, 2.45) is 11.8 Å². The molecule has 5 heteroatoms. The van der Waals surface area contributed by atoms with Crippen molar-refractivity contribution in [3.8, 4) is 5.75 Å². The van der Waals surface area contributed by atoms with E-state index in [1.54, 1.807) is 0 Å². The summed E-state index contributed by atoms with van der Waals surface area (Å²) < 4.78 is 6.63. The maximum Gasteiger partial charge on any atom is 0.225 e. The van der Waals surface area contributed by atoms with Crippen LogP contribution in [0.3, 0.4) is 0 Å². The number of amides is 1. The number of fused-ring (bicyclic) bond motifs is 1. The van der Waals surface area contributed by atoms with Gasteiger partial charge in [0.05, 0.1) is 0 Å². The first-order valence-electron chi connectivity index (χ1n) is 15.2. The molecule has 1 amide bonds. The quantitative estimate of drug-likeness (QED) is 0.294. The number of aryl methyl sites for hydroxylation is 1. The third-order valence-corrected chi connectivity index (χ3v) is 8.66. The third-order valence-electron chi connectivity index (χ3n) is 8.66. The van der Waals surface area contributed by atoms with E-state index in [0.717, 1.165) is 75.5 Å². The second-order valence-electron chi connectivity index (χ2n) is 11.3. The van der Waals surface area contributed by atoms with E-state index in [4.69, 9.17) is 4.74 Å². The van der Waals surface area contributed by atoms with Crippen molar-refractivity contribution < 1.29 is 9.53 Å². The van der Waals surface area contributed by atoms with E-state index in [0.29, 0.717) is 5.91 Å². The molecule has 1 saturated carbocycles. The maximum absolute atomic E-state index is 12.7. The van der Waals surface area contributed by atoms with Crippen LogP contribution in [-0.4, -0.2) is 59.5 Å². The maximum atomic E-state index is 12.7. The first kappa shape index (κ1) is 27.9. The normalized spacial score (nSPS) is 21.3. The third kappa shape index (κ3) is 7.69. The van der Waals surface area contributed by atoms with Crippen LogP contribution < -0.4 is 4.74 Å². The summed E-state index contributed by atoms with van der Waals surface area (Å²) in [4.78, 5) is 22.0. The highest BCUT2D eigenvalue weighted by Crippen LogP contribution is 2.32. The molecule has 1 aliphatic carbocycles. The minimum Gasteiger partial charge on any atom is -0.488 e. The SMILES string of the molecule is CCCCCCc1cc(OC2CCN(C[C@H]3CC[C@H](C(=O)N(CC)CC)CC3)CC2)c2ncccc2c1. The lowest BCUT2D eigenvalue weighted by atomic mass is 9.81. The number of hydrogen-bond acceptors (Lipinski definition) is 4. The molecule has 1 aromatic heterocycles. The monoisotopic (exact) mass is 507 g/mol. The number of carbonyl (C=O) groups is 1. The predicted molar refractivity (Wildman–Crippen MR) is 153 cm³/mol. The summed E-state index contributed by atoms with van der Waals surface area (Å²) in [5.41, 5.74) is 2.37. The number of ether oxygens (including phenoxy) is 1. The molecule has 37 heavy (non-hydrogen) atoms. The lowest BCUT2D eigenvalue weighted by Gasteiger charge is -2.37. The number of piperidine rings is 1. The van der Waals surface area contributed by atoms with Crippen LogP contribution in [0.15, 0.2) is 30.5 Å². The number of pyridine rings is 1. The van der Waals surface area contributed by atoms with Gasteiger partial charge in [-0.2, -0.15) is 0 Å². The molecule has 1 saturated heterocycles. The zero-order chi connectivity index (χ0) is 26.0. The number of rotatable bonds is 12. The van der Waals surface area contributed by atoms with E-state index in [2.05, 4.69) is 48.9 Å². The molecule has 5 nitrogen and oxygen atoms in total. The summed E-state index contributed by atoms with van der Waals surface area (Å²) in [7, 11) is 0. The molecule has 2 fully saturated rings. The zero-order valence-electron chi connectivity index (χ0n) is 23.6. The van der Waals surface area contributed by atoms with Gasteiger partial charge in [-0.25, -0.2) is 0 Å². The largest absolute Gasteiger partial charge is 0.488 e. The molecule has 1 aliphatic heterocycles. The molecular formula is C32H49N3O2. The summed E-state index contributed by atoms with van der Waals surface area (Å²) in [6.45, 7) is 11.5. The summed E-state index contributed by atoms with van der Waals surface area (Å²) in [6, 6.07) is 8.75. The van der Waals surface area contributed by atoms with Crippen LogP contribution >= 0.6 is 0 Å². The molecule has 0 unspecified atom stereocenters. The first-order chi connectivity index (χ1) is 18.1. The van der Waals surface area contributed by atoms with Crippen molar-refractivity contribution in [2.45, 2.75) is 97.5 Å².